The summed E-state index contributed by atoms with van der Waals surface area (Å²) in [6.07, 6.45) is 6.16. The molecule has 0 aromatic heterocycles. The molecule has 1 saturated carbocycles. The molecule has 0 atom stereocenters. The zero-order valence-corrected chi connectivity index (χ0v) is 8.58. The fourth-order valence-electron chi connectivity index (χ4n) is 1.90. The lowest BCUT2D eigenvalue weighted by Gasteiger charge is -2.31. The number of rotatable bonds is 3. The summed E-state index contributed by atoms with van der Waals surface area (Å²) in [6.45, 7) is 0.215. The maximum Gasteiger partial charge on any atom is 0.248 e. The van der Waals surface area contributed by atoms with Crippen molar-refractivity contribution in [2.24, 2.45) is 0 Å². The Labute approximate surface area is 80.1 Å². The zero-order valence-electron chi connectivity index (χ0n) is 8.58. The Morgan fingerprint density at radius 3 is 2.54 bits per heavy atom. The third kappa shape index (κ3) is 2.99. The van der Waals surface area contributed by atoms with Gasteiger partial charge in [0.05, 0.1) is 0 Å². The van der Waals surface area contributed by atoms with Crippen molar-refractivity contribution in [1.82, 2.24) is 4.90 Å². The van der Waals surface area contributed by atoms with Crippen molar-refractivity contribution in [3.63, 3.8) is 0 Å². The predicted molar refractivity (Wildman–Crippen MR) is 51.5 cm³/mol. The molecule has 0 saturated heterocycles. The molecule has 1 aliphatic carbocycles. The molecule has 76 valence electrons. The van der Waals surface area contributed by atoms with E-state index in [4.69, 9.17) is 4.74 Å². The number of hydrogen-bond donors (Lipinski definition) is 0. The van der Waals surface area contributed by atoms with Crippen LogP contribution in [-0.4, -0.2) is 37.6 Å². The average molecular weight is 185 g/mol. The van der Waals surface area contributed by atoms with Gasteiger partial charge in [-0.1, -0.05) is 19.3 Å². The van der Waals surface area contributed by atoms with Crippen molar-refractivity contribution in [3.8, 4) is 0 Å². The highest BCUT2D eigenvalue weighted by molar-refractivity contribution is 5.77. The molecule has 0 unspecified atom stereocenters. The summed E-state index contributed by atoms with van der Waals surface area (Å²) < 4.78 is 4.82. The maximum absolute atomic E-state index is 11.4. The number of carbonyl (C=O) groups excluding carboxylic acids is 1. The molecular weight excluding hydrogens is 166 g/mol. The van der Waals surface area contributed by atoms with Crippen molar-refractivity contribution < 1.29 is 9.53 Å². The van der Waals surface area contributed by atoms with Crippen molar-refractivity contribution in [2.45, 2.75) is 38.1 Å². The van der Waals surface area contributed by atoms with Crippen molar-refractivity contribution in [1.29, 1.82) is 0 Å². The van der Waals surface area contributed by atoms with E-state index < -0.39 is 0 Å². The fraction of sp³-hybridized carbons (Fsp3) is 0.900. The van der Waals surface area contributed by atoms with Crippen molar-refractivity contribution >= 4 is 5.91 Å². The van der Waals surface area contributed by atoms with Gasteiger partial charge < -0.3 is 9.64 Å². The molecule has 0 aromatic rings. The Bertz CT molecular complexity index is 164. The molecule has 1 rings (SSSR count). The maximum atomic E-state index is 11.4. The molecule has 3 heteroatoms. The summed E-state index contributed by atoms with van der Waals surface area (Å²) in [7, 11) is 3.45. The highest BCUT2D eigenvalue weighted by Gasteiger charge is 2.21. The molecular formula is C10H19NO2. The number of carbonyl (C=O) groups is 1. The predicted octanol–water partition coefficient (Wildman–Crippen LogP) is 1.42. The second kappa shape index (κ2) is 5.22. The summed E-state index contributed by atoms with van der Waals surface area (Å²) in [6, 6.07) is 0.455. The largest absolute Gasteiger partial charge is 0.375 e. The van der Waals surface area contributed by atoms with Crippen LogP contribution in [-0.2, 0) is 9.53 Å². The lowest BCUT2D eigenvalue weighted by molar-refractivity contribution is -0.136. The molecule has 0 N–H and O–H groups in total. The normalized spacial score (nSPS) is 18.6. The summed E-state index contributed by atoms with van der Waals surface area (Å²) in [5.41, 5.74) is 0. The Kier molecular flexibility index (Phi) is 4.22. The number of hydrogen-bond acceptors (Lipinski definition) is 2. The molecule has 0 spiro atoms. The lowest BCUT2D eigenvalue weighted by atomic mass is 9.94. The molecule has 1 fully saturated rings. The molecule has 0 aliphatic heterocycles. The molecule has 1 aliphatic rings. The smallest absolute Gasteiger partial charge is 0.248 e. The van der Waals surface area contributed by atoms with Gasteiger partial charge in [0.1, 0.15) is 6.61 Å². The minimum atomic E-state index is 0.106. The van der Waals surface area contributed by atoms with Crippen LogP contribution in [0.15, 0.2) is 0 Å². The van der Waals surface area contributed by atoms with Gasteiger partial charge in [0.15, 0.2) is 0 Å². The van der Waals surface area contributed by atoms with E-state index in [1.165, 1.54) is 19.3 Å². The zero-order chi connectivity index (χ0) is 9.68. The average Bonchev–Trinajstić information content (AvgIpc) is 2.18. The van der Waals surface area contributed by atoms with Crippen molar-refractivity contribution in [2.75, 3.05) is 20.8 Å². The molecule has 0 bridgehead atoms. The number of nitrogens with zero attached hydrogens (tertiary/aromatic N) is 1. The van der Waals surface area contributed by atoms with E-state index in [2.05, 4.69) is 0 Å². The molecule has 0 heterocycles. The van der Waals surface area contributed by atoms with E-state index in [9.17, 15) is 4.79 Å². The Morgan fingerprint density at radius 1 is 1.38 bits per heavy atom. The van der Waals surface area contributed by atoms with E-state index in [1.54, 1.807) is 7.11 Å². The summed E-state index contributed by atoms with van der Waals surface area (Å²) >= 11 is 0. The molecule has 0 aromatic carbocycles. The number of likely N-dealkylation sites (N-methyl/N-ethyl adjacent to an activating group) is 1. The second-order valence-corrected chi connectivity index (χ2v) is 3.73. The number of amides is 1. The van der Waals surface area contributed by atoms with Crippen LogP contribution < -0.4 is 0 Å². The van der Waals surface area contributed by atoms with E-state index in [-0.39, 0.29) is 12.5 Å². The number of ether oxygens (including phenoxy) is 1. The van der Waals surface area contributed by atoms with E-state index in [0.717, 1.165) is 12.8 Å². The molecule has 0 radical (unpaired) electrons. The van der Waals surface area contributed by atoms with Gasteiger partial charge in [-0.3, -0.25) is 4.79 Å². The van der Waals surface area contributed by atoms with Crippen LogP contribution in [0.2, 0.25) is 0 Å². The van der Waals surface area contributed by atoms with Gasteiger partial charge in [-0.15, -0.1) is 0 Å². The van der Waals surface area contributed by atoms with Gasteiger partial charge >= 0.3 is 0 Å². The highest BCUT2D eigenvalue weighted by atomic mass is 16.5. The van der Waals surface area contributed by atoms with Crippen LogP contribution in [0, 0.1) is 0 Å². The Hall–Kier alpha value is -0.570. The minimum absolute atomic E-state index is 0.106. The van der Waals surface area contributed by atoms with Crippen LogP contribution in [0.4, 0.5) is 0 Å². The third-order valence-corrected chi connectivity index (χ3v) is 2.78. The van der Waals surface area contributed by atoms with Gasteiger partial charge in [0.2, 0.25) is 5.91 Å². The first-order valence-electron chi connectivity index (χ1n) is 5.00. The van der Waals surface area contributed by atoms with Gasteiger partial charge in [-0.25, -0.2) is 0 Å². The summed E-state index contributed by atoms with van der Waals surface area (Å²) in [4.78, 5) is 13.3. The second-order valence-electron chi connectivity index (χ2n) is 3.73. The van der Waals surface area contributed by atoms with Gasteiger partial charge in [-0.2, -0.15) is 0 Å². The lowest BCUT2D eigenvalue weighted by Crippen LogP contribution is -2.40. The van der Waals surface area contributed by atoms with Gasteiger partial charge in [0.25, 0.3) is 0 Å². The van der Waals surface area contributed by atoms with E-state index in [0.29, 0.717) is 6.04 Å². The summed E-state index contributed by atoms with van der Waals surface area (Å²) in [5.74, 6) is 0.106. The van der Waals surface area contributed by atoms with Crippen molar-refractivity contribution in [3.05, 3.63) is 0 Å². The molecule has 1 amide bonds. The first kappa shape index (κ1) is 10.5. The first-order valence-corrected chi connectivity index (χ1v) is 5.00. The van der Waals surface area contributed by atoms with Gasteiger partial charge in [-0.05, 0) is 12.8 Å². The van der Waals surface area contributed by atoms with Crippen LogP contribution in [0.5, 0.6) is 0 Å². The van der Waals surface area contributed by atoms with Gasteiger partial charge in [0, 0.05) is 20.2 Å². The van der Waals surface area contributed by atoms with Crippen LogP contribution >= 0.6 is 0 Å². The quantitative estimate of drug-likeness (QED) is 0.665. The van der Waals surface area contributed by atoms with E-state index >= 15 is 0 Å². The van der Waals surface area contributed by atoms with Crippen LogP contribution in [0.25, 0.3) is 0 Å². The SMILES string of the molecule is COCC(=O)N(C)C1CCCCC1. The Balaban J connectivity index is 2.35. The standard InChI is InChI=1S/C10H19NO2/c1-11(10(12)8-13-2)9-6-4-3-5-7-9/h9H,3-8H2,1-2H3. The molecule has 13 heavy (non-hydrogen) atoms. The van der Waals surface area contributed by atoms with E-state index in [1.807, 2.05) is 11.9 Å². The monoisotopic (exact) mass is 185 g/mol. The first-order chi connectivity index (χ1) is 6.25. The fourth-order valence-corrected chi connectivity index (χ4v) is 1.90. The minimum Gasteiger partial charge on any atom is -0.375 e. The number of methoxy groups -OCH3 is 1. The van der Waals surface area contributed by atoms with Crippen LogP contribution in [0.3, 0.4) is 0 Å². The Morgan fingerprint density at radius 2 is 2.00 bits per heavy atom. The highest BCUT2D eigenvalue weighted by Crippen LogP contribution is 2.21. The molecule has 3 nitrogen and oxygen atoms in total. The third-order valence-electron chi connectivity index (χ3n) is 2.78. The topological polar surface area (TPSA) is 29.5 Å². The van der Waals surface area contributed by atoms with Crippen LogP contribution in [0.1, 0.15) is 32.1 Å². The summed E-state index contributed by atoms with van der Waals surface area (Å²) in [5, 5.41) is 0.